The largest absolute Gasteiger partial charge is 0.405 e. The molecule has 2 aliphatic heterocycles. The summed E-state index contributed by atoms with van der Waals surface area (Å²) < 4.78 is 64.5. The van der Waals surface area contributed by atoms with Crippen molar-refractivity contribution in [2.75, 3.05) is 19.6 Å². The Hall–Kier alpha value is -2.10. The highest BCUT2D eigenvalue weighted by Crippen LogP contribution is 2.29. The van der Waals surface area contributed by atoms with Crippen LogP contribution >= 0.6 is 0 Å². The number of nitrogens with one attached hydrogen (secondary N) is 1. The predicted molar refractivity (Wildman–Crippen MR) is 83.5 cm³/mol. The molecule has 25 heavy (non-hydrogen) atoms. The Kier molecular flexibility index (Phi) is 4.48. The zero-order valence-electron chi connectivity index (χ0n) is 13.1. The zero-order chi connectivity index (χ0) is 18.2. The van der Waals surface area contributed by atoms with Crippen LogP contribution in [0.15, 0.2) is 33.6 Å². The number of carbonyl (C=O) groups excluding carboxylic acids is 1. The van der Waals surface area contributed by atoms with Gasteiger partial charge in [-0.1, -0.05) is 12.1 Å². The summed E-state index contributed by atoms with van der Waals surface area (Å²) in [4.78, 5) is 13.7. The van der Waals surface area contributed by atoms with Crippen molar-refractivity contribution < 1.29 is 26.4 Å². The molecule has 6 nitrogen and oxygen atoms in total. The minimum atomic E-state index is -4.44. The smallest absolute Gasteiger partial charge is 0.355 e. The molecule has 136 valence electrons. The summed E-state index contributed by atoms with van der Waals surface area (Å²) in [6.07, 6.45) is -3.76. The first kappa shape index (κ1) is 17.7. The number of benzene rings is 1. The standard InChI is InChI=1S/C15H16F3N3O3S/c16-15(17,18)9-19-14(22)10-5-7-21(8-6-10)13-11-3-1-2-4-12(11)25(23,24)20-13/h1-4,10H,5-9H2,(H,19,22). The lowest BCUT2D eigenvalue weighted by Crippen LogP contribution is -2.44. The van der Waals surface area contributed by atoms with Gasteiger partial charge in [-0.05, 0) is 25.0 Å². The summed E-state index contributed by atoms with van der Waals surface area (Å²) in [6.45, 7) is -0.635. The second-order valence-electron chi connectivity index (χ2n) is 5.98. The van der Waals surface area contributed by atoms with Crippen LogP contribution < -0.4 is 5.32 Å². The van der Waals surface area contributed by atoms with Crippen LogP contribution in [-0.4, -0.2) is 50.9 Å². The van der Waals surface area contributed by atoms with Crippen molar-refractivity contribution >= 4 is 21.8 Å². The molecule has 10 heteroatoms. The van der Waals surface area contributed by atoms with Gasteiger partial charge in [0.1, 0.15) is 11.4 Å². The zero-order valence-corrected chi connectivity index (χ0v) is 13.9. The van der Waals surface area contributed by atoms with Crippen molar-refractivity contribution in [2.45, 2.75) is 23.9 Å². The van der Waals surface area contributed by atoms with Gasteiger partial charge in [-0.3, -0.25) is 4.79 Å². The molecule has 2 heterocycles. The third-order valence-electron chi connectivity index (χ3n) is 4.24. The number of amidine groups is 1. The van der Waals surface area contributed by atoms with Gasteiger partial charge in [0, 0.05) is 24.6 Å². The first-order valence-corrected chi connectivity index (χ1v) is 9.15. The van der Waals surface area contributed by atoms with Crippen molar-refractivity contribution in [1.82, 2.24) is 10.2 Å². The average molecular weight is 375 g/mol. The maximum atomic E-state index is 12.2. The summed E-state index contributed by atoms with van der Waals surface area (Å²) in [7, 11) is -3.72. The van der Waals surface area contributed by atoms with Crippen LogP contribution in [0.2, 0.25) is 0 Å². The molecule has 0 aromatic heterocycles. The lowest BCUT2D eigenvalue weighted by Gasteiger charge is -2.32. The number of halogens is 3. The molecule has 3 rings (SSSR count). The predicted octanol–water partition coefficient (Wildman–Crippen LogP) is 1.53. The van der Waals surface area contributed by atoms with Gasteiger partial charge in [0.25, 0.3) is 10.0 Å². The lowest BCUT2D eigenvalue weighted by molar-refractivity contribution is -0.141. The summed E-state index contributed by atoms with van der Waals surface area (Å²) >= 11 is 0. The summed E-state index contributed by atoms with van der Waals surface area (Å²) in [5.74, 6) is -0.810. The highest BCUT2D eigenvalue weighted by molar-refractivity contribution is 7.90. The van der Waals surface area contributed by atoms with Gasteiger partial charge in [-0.2, -0.15) is 21.6 Å². The van der Waals surface area contributed by atoms with Crippen LogP contribution in [0.1, 0.15) is 18.4 Å². The highest BCUT2D eigenvalue weighted by Gasteiger charge is 2.35. The molecule has 0 atom stereocenters. The molecule has 1 aromatic rings. The van der Waals surface area contributed by atoms with Crippen LogP contribution in [0.4, 0.5) is 13.2 Å². The number of amides is 1. The van der Waals surface area contributed by atoms with E-state index in [-0.39, 0.29) is 4.90 Å². The molecular weight excluding hydrogens is 359 g/mol. The number of hydrogen-bond acceptors (Lipinski definition) is 4. The van der Waals surface area contributed by atoms with E-state index in [1.807, 2.05) is 5.32 Å². The van der Waals surface area contributed by atoms with Crippen LogP contribution in [0.3, 0.4) is 0 Å². The first-order valence-electron chi connectivity index (χ1n) is 7.71. The van der Waals surface area contributed by atoms with E-state index in [0.717, 1.165) is 0 Å². The third kappa shape index (κ3) is 3.78. The number of piperidine rings is 1. The third-order valence-corrected chi connectivity index (χ3v) is 5.57. The van der Waals surface area contributed by atoms with Crippen molar-refractivity contribution in [1.29, 1.82) is 0 Å². The number of likely N-dealkylation sites (tertiary alicyclic amines) is 1. The summed E-state index contributed by atoms with van der Waals surface area (Å²) in [5, 5.41) is 1.90. The van der Waals surface area contributed by atoms with Crippen LogP contribution in [0.5, 0.6) is 0 Å². The van der Waals surface area contributed by atoms with E-state index < -0.39 is 34.6 Å². The second-order valence-corrected chi connectivity index (χ2v) is 7.55. The molecule has 0 spiro atoms. The number of rotatable bonds is 2. The van der Waals surface area contributed by atoms with Gasteiger partial charge >= 0.3 is 6.18 Å². The average Bonchev–Trinajstić information content (AvgIpc) is 2.84. The van der Waals surface area contributed by atoms with Crippen molar-refractivity contribution in [3.05, 3.63) is 29.8 Å². The van der Waals surface area contributed by atoms with Gasteiger partial charge in [0.15, 0.2) is 5.84 Å². The highest BCUT2D eigenvalue weighted by atomic mass is 32.2. The van der Waals surface area contributed by atoms with E-state index in [4.69, 9.17) is 0 Å². The Bertz CT molecular complexity index is 813. The van der Waals surface area contributed by atoms with Crippen molar-refractivity contribution in [3.8, 4) is 0 Å². The Labute approximate surface area is 142 Å². The van der Waals surface area contributed by atoms with E-state index in [9.17, 15) is 26.4 Å². The van der Waals surface area contributed by atoms with Crippen molar-refractivity contribution in [2.24, 2.45) is 10.3 Å². The van der Waals surface area contributed by atoms with Crippen LogP contribution in [-0.2, 0) is 14.8 Å². The number of nitrogens with zero attached hydrogens (tertiary/aromatic N) is 2. The van der Waals surface area contributed by atoms with E-state index >= 15 is 0 Å². The molecule has 1 N–H and O–H groups in total. The minimum absolute atomic E-state index is 0.148. The monoisotopic (exact) mass is 375 g/mol. The minimum Gasteiger partial charge on any atom is -0.355 e. The lowest BCUT2D eigenvalue weighted by atomic mass is 9.95. The normalized spacial score (nSPS) is 20.1. The second kappa shape index (κ2) is 6.32. The van der Waals surface area contributed by atoms with E-state index in [1.165, 1.54) is 6.07 Å². The number of fused-ring (bicyclic) bond motifs is 1. The Morgan fingerprint density at radius 2 is 1.88 bits per heavy atom. The molecule has 1 saturated heterocycles. The quantitative estimate of drug-likeness (QED) is 0.850. The Morgan fingerprint density at radius 3 is 2.52 bits per heavy atom. The fraction of sp³-hybridized carbons (Fsp3) is 0.467. The van der Waals surface area contributed by atoms with E-state index in [2.05, 4.69) is 4.40 Å². The molecular formula is C15H16F3N3O3S. The first-order chi connectivity index (χ1) is 11.7. The topological polar surface area (TPSA) is 78.8 Å². The van der Waals surface area contributed by atoms with Gasteiger partial charge in [-0.15, -0.1) is 4.40 Å². The number of alkyl halides is 3. The van der Waals surface area contributed by atoms with Crippen LogP contribution in [0, 0.1) is 5.92 Å². The van der Waals surface area contributed by atoms with Gasteiger partial charge in [0.05, 0.1) is 0 Å². The number of carbonyl (C=O) groups is 1. The van der Waals surface area contributed by atoms with Crippen molar-refractivity contribution in [3.63, 3.8) is 0 Å². The molecule has 0 aliphatic carbocycles. The number of sulfonamides is 1. The molecule has 0 radical (unpaired) electrons. The molecule has 0 saturated carbocycles. The maximum absolute atomic E-state index is 12.2. The summed E-state index contributed by atoms with van der Waals surface area (Å²) in [5.41, 5.74) is 0.516. The Morgan fingerprint density at radius 1 is 1.24 bits per heavy atom. The fourth-order valence-electron chi connectivity index (χ4n) is 3.00. The molecule has 0 unspecified atom stereocenters. The number of hydrogen-bond donors (Lipinski definition) is 1. The summed E-state index contributed by atoms with van der Waals surface area (Å²) in [6, 6.07) is 6.48. The molecule has 1 fully saturated rings. The molecule has 0 bridgehead atoms. The van der Waals surface area contributed by atoms with Gasteiger partial charge in [0.2, 0.25) is 5.91 Å². The molecule has 1 aromatic carbocycles. The van der Waals surface area contributed by atoms with E-state index in [1.54, 1.807) is 23.1 Å². The molecule has 1 amide bonds. The van der Waals surface area contributed by atoms with E-state index in [0.29, 0.717) is 37.3 Å². The van der Waals surface area contributed by atoms with Gasteiger partial charge < -0.3 is 10.2 Å². The fourth-order valence-corrected chi connectivity index (χ4v) is 4.23. The Balaban J connectivity index is 1.65. The maximum Gasteiger partial charge on any atom is 0.405 e. The molecule has 2 aliphatic rings. The van der Waals surface area contributed by atoms with Crippen LogP contribution in [0.25, 0.3) is 0 Å². The SMILES string of the molecule is O=C(NCC(F)(F)F)C1CCN(C2=NS(=O)(=O)c3ccccc32)CC1. The van der Waals surface area contributed by atoms with Gasteiger partial charge in [-0.25, -0.2) is 0 Å².